The quantitative estimate of drug-likeness (QED) is 0.799. The molecular formula is C14H13Cl2N5. The van der Waals surface area contributed by atoms with Gasteiger partial charge < -0.3 is 5.32 Å². The van der Waals surface area contributed by atoms with Crippen molar-refractivity contribution in [1.82, 2.24) is 19.6 Å². The van der Waals surface area contributed by atoms with Gasteiger partial charge in [0.25, 0.3) is 5.78 Å². The van der Waals surface area contributed by atoms with Crippen LogP contribution in [-0.2, 0) is 6.54 Å². The van der Waals surface area contributed by atoms with Gasteiger partial charge >= 0.3 is 0 Å². The maximum atomic E-state index is 6.17. The van der Waals surface area contributed by atoms with Crippen molar-refractivity contribution in [2.75, 3.05) is 5.32 Å². The first kappa shape index (κ1) is 14.1. The molecule has 108 valence electrons. The largest absolute Gasteiger partial charge is 0.349 e. The van der Waals surface area contributed by atoms with E-state index in [0.29, 0.717) is 23.3 Å². The van der Waals surface area contributed by atoms with E-state index in [9.17, 15) is 0 Å². The summed E-state index contributed by atoms with van der Waals surface area (Å²) < 4.78 is 1.64. The Morgan fingerprint density at radius 2 is 1.81 bits per heavy atom. The van der Waals surface area contributed by atoms with Crippen LogP contribution in [0, 0.1) is 13.8 Å². The van der Waals surface area contributed by atoms with Gasteiger partial charge in [0.1, 0.15) is 0 Å². The van der Waals surface area contributed by atoms with Gasteiger partial charge in [0.05, 0.1) is 16.4 Å². The van der Waals surface area contributed by atoms with Crippen molar-refractivity contribution >= 4 is 34.9 Å². The van der Waals surface area contributed by atoms with E-state index in [1.165, 1.54) is 0 Å². The summed E-state index contributed by atoms with van der Waals surface area (Å²) in [5.74, 6) is 1.05. The Kier molecular flexibility index (Phi) is 3.69. The second-order valence-corrected chi connectivity index (χ2v) is 5.54. The molecule has 7 heteroatoms. The molecule has 0 saturated carbocycles. The number of halogens is 2. The summed E-state index contributed by atoms with van der Waals surface area (Å²) in [5, 5.41) is 8.86. The van der Waals surface area contributed by atoms with Gasteiger partial charge in [-0.3, -0.25) is 0 Å². The third-order valence-corrected chi connectivity index (χ3v) is 3.97. The number of rotatable bonds is 3. The number of benzene rings is 1. The van der Waals surface area contributed by atoms with E-state index in [1.807, 2.05) is 38.1 Å². The number of aryl methyl sites for hydroxylation is 2. The van der Waals surface area contributed by atoms with E-state index < -0.39 is 0 Å². The normalized spacial score (nSPS) is 11.0. The molecule has 0 aliphatic rings. The Labute approximate surface area is 131 Å². The van der Waals surface area contributed by atoms with Crippen LogP contribution in [0.5, 0.6) is 0 Å². The zero-order chi connectivity index (χ0) is 15.0. The Hall–Kier alpha value is -1.85. The van der Waals surface area contributed by atoms with Gasteiger partial charge in [-0.25, -0.2) is 4.98 Å². The first-order chi connectivity index (χ1) is 10.0. The number of hydrogen-bond donors (Lipinski definition) is 1. The van der Waals surface area contributed by atoms with Gasteiger partial charge in [0.2, 0.25) is 5.95 Å². The summed E-state index contributed by atoms with van der Waals surface area (Å²) in [6.07, 6.45) is 0. The van der Waals surface area contributed by atoms with E-state index in [2.05, 4.69) is 20.4 Å². The molecule has 3 aromatic rings. The number of aromatic nitrogens is 4. The lowest BCUT2D eigenvalue weighted by atomic mass is 10.2. The molecule has 0 aliphatic heterocycles. The monoisotopic (exact) mass is 321 g/mol. The van der Waals surface area contributed by atoms with Crippen molar-refractivity contribution in [3.05, 3.63) is 51.3 Å². The predicted octanol–water partition coefficient (Wildman–Crippen LogP) is 3.66. The minimum absolute atomic E-state index is 0.516. The van der Waals surface area contributed by atoms with Crippen LogP contribution in [0.4, 0.5) is 5.95 Å². The van der Waals surface area contributed by atoms with Crippen LogP contribution in [-0.4, -0.2) is 19.6 Å². The fourth-order valence-corrected chi connectivity index (χ4v) is 2.26. The maximum Gasteiger partial charge on any atom is 0.254 e. The number of fused-ring (bicyclic) bond motifs is 1. The van der Waals surface area contributed by atoms with Gasteiger partial charge in [-0.2, -0.15) is 9.50 Å². The van der Waals surface area contributed by atoms with Crippen molar-refractivity contribution in [2.45, 2.75) is 20.4 Å². The topological polar surface area (TPSA) is 55.1 Å². The zero-order valence-electron chi connectivity index (χ0n) is 11.6. The van der Waals surface area contributed by atoms with Gasteiger partial charge in [-0.05, 0) is 31.5 Å². The Morgan fingerprint density at radius 1 is 1.10 bits per heavy atom. The summed E-state index contributed by atoms with van der Waals surface area (Å²) in [6.45, 7) is 4.35. The van der Waals surface area contributed by atoms with E-state index in [0.717, 1.165) is 22.0 Å². The highest BCUT2D eigenvalue weighted by molar-refractivity contribution is 6.31. The molecule has 2 heterocycles. The van der Waals surface area contributed by atoms with Crippen LogP contribution in [0.15, 0.2) is 24.3 Å². The van der Waals surface area contributed by atoms with Crippen molar-refractivity contribution in [1.29, 1.82) is 0 Å². The lowest BCUT2D eigenvalue weighted by Gasteiger charge is -2.02. The van der Waals surface area contributed by atoms with Crippen molar-refractivity contribution < 1.29 is 0 Å². The van der Waals surface area contributed by atoms with Gasteiger partial charge in [-0.15, -0.1) is 5.10 Å². The molecule has 0 bridgehead atoms. The summed E-state index contributed by atoms with van der Waals surface area (Å²) in [5.41, 5.74) is 2.67. The van der Waals surface area contributed by atoms with Crippen LogP contribution in [0.1, 0.15) is 17.0 Å². The zero-order valence-corrected chi connectivity index (χ0v) is 13.1. The molecule has 0 radical (unpaired) electrons. The summed E-state index contributed by atoms with van der Waals surface area (Å²) in [7, 11) is 0. The molecular weight excluding hydrogens is 309 g/mol. The van der Waals surface area contributed by atoms with E-state index in [-0.39, 0.29) is 0 Å². The first-order valence-corrected chi connectivity index (χ1v) is 7.18. The van der Waals surface area contributed by atoms with Crippen LogP contribution in [0.25, 0.3) is 5.78 Å². The summed E-state index contributed by atoms with van der Waals surface area (Å²) in [4.78, 5) is 8.68. The second-order valence-electron chi connectivity index (χ2n) is 4.72. The Balaban J connectivity index is 1.85. The third kappa shape index (κ3) is 2.80. The molecule has 0 atom stereocenters. The molecule has 0 amide bonds. The smallest absolute Gasteiger partial charge is 0.254 e. The molecule has 21 heavy (non-hydrogen) atoms. The minimum Gasteiger partial charge on any atom is -0.349 e. The van der Waals surface area contributed by atoms with E-state index >= 15 is 0 Å². The van der Waals surface area contributed by atoms with Crippen LogP contribution in [0.2, 0.25) is 10.0 Å². The molecule has 5 nitrogen and oxygen atoms in total. The molecule has 0 aliphatic carbocycles. The molecule has 1 aromatic carbocycles. The summed E-state index contributed by atoms with van der Waals surface area (Å²) >= 11 is 12.0. The lowest BCUT2D eigenvalue weighted by Crippen LogP contribution is -2.02. The van der Waals surface area contributed by atoms with E-state index in [1.54, 1.807) is 4.52 Å². The maximum absolute atomic E-state index is 6.17. The molecule has 0 fully saturated rings. The Bertz CT molecular complexity index is 795. The minimum atomic E-state index is 0.516. The van der Waals surface area contributed by atoms with Crippen LogP contribution in [0.3, 0.4) is 0 Å². The Morgan fingerprint density at radius 3 is 2.52 bits per heavy atom. The SMILES string of the molecule is Cc1nc2nc(NCc3ccc(Cl)cc3)nn2c(C)c1Cl. The number of hydrogen-bond acceptors (Lipinski definition) is 4. The van der Waals surface area contributed by atoms with Crippen molar-refractivity contribution in [3.8, 4) is 0 Å². The number of anilines is 1. The van der Waals surface area contributed by atoms with Crippen LogP contribution < -0.4 is 5.32 Å². The predicted molar refractivity (Wildman–Crippen MR) is 84.0 cm³/mol. The highest BCUT2D eigenvalue weighted by atomic mass is 35.5. The fourth-order valence-electron chi connectivity index (χ4n) is 2.01. The molecule has 1 N–H and O–H groups in total. The second kappa shape index (κ2) is 5.50. The highest BCUT2D eigenvalue weighted by Gasteiger charge is 2.11. The van der Waals surface area contributed by atoms with Gasteiger partial charge in [0.15, 0.2) is 0 Å². The summed E-state index contributed by atoms with van der Waals surface area (Å²) in [6, 6.07) is 7.61. The first-order valence-electron chi connectivity index (χ1n) is 6.42. The third-order valence-electron chi connectivity index (χ3n) is 3.17. The van der Waals surface area contributed by atoms with Crippen molar-refractivity contribution in [2.24, 2.45) is 0 Å². The average Bonchev–Trinajstić information content (AvgIpc) is 2.87. The average molecular weight is 322 g/mol. The number of nitrogens with one attached hydrogen (secondary N) is 1. The molecule has 0 spiro atoms. The van der Waals surface area contributed by atoms with E-state index in [4.69, 9.17) is 23.2 Å². The standard InChI is InChI=1S/C14H13Cl2N5/c1-8-12(16)9(2)21-14(18-8)19-13(20-21)17-7-10-3-5-11(15)6-4-10/h3-6H,7H2,1-2H3,(H,17,20). The fraction of sp³-hybridized carbons (Fsp3) is 0.214. The molecule has 0 saturated heterocycles. The molecule has 2 aromatic heterocycles. The number of nitrogens with zero attached hydrogens (tertiary/aromatic N) is 4. The molecule has 3 rings (SSSR count). The highest BCUT2D eigenvalue weighted by Crippen LogP contribution is 2.19. The lowest BCUT2D eigenvalue weighted by molar-refractivity contribution is 0.883. The van der Waals surface area contributed by atoms with Crippen molar-refractivity contribution in [3.63, 3.8) is 0 Å². The van der Waals surface area contributed by atoms with Gasteiger partial charge in [-0.1, -0.05) is 35.3 Å². The van der Waals surface area contributed by atoms with Crippen LogP contribution >= 0.6 is 23.2 Å². The van der Waals surface area contributed by atoms with Gasteiger partial charge in [0, 0.05) is 11.6 Å². The molecule has 0 unspecified atom stereocenters.